The minimum absolute atomic E-state index is 0.0498. The molecule has 2 aliphatic heterocycles. The van der Waals surface area contributed by atoms with Crippen LogP contribution in [0.2, 0.25) is 10.0 Å². The number of fused-ring (bicyclic) bond motifs is 1. The predicted octanol–water partition coefficient (Wildman–Crippen LogP) is 3.18. The Kier molecular flexibility index (Phi) is 4.71. The second-order valence-electron chi connectivity index (χ2n) is 7.24. The van der Waals surface area contributed by atoms with Gasteiger partial charge in [-0.15, -0.1) is 0 Å². The number of aryl methyl sites for hydroxylation is 1. The zero-order valence-corrected chi connectivity index (χ0v) is 16.4. The Bertz CT molecular complexity index is 850. The molecule has 138 valence electrons. The smallest absolute Gasteiger partial charge is 0.228 e. The van der Waals surface area contributed by atoms with Gasteiger partial charge in [-0.05, 0) is 42.2 Å². The van der Waals surface area contributed by atoms with Crippen molar-refractivity contribution in [2.75, 3.05) is 19.6 Å². The molecule has 1 aromatic heterocycles. The van der Waals surface area contributed by atoms with Crippen molar-refractivity contribution in [1.82, 2.24) is 20.0 Å². The topological polar surface area (TPSA) is 50.2 Å². The molecule has 0 spiro atoms. The van der Waals surface area contributed by atoms with Gasteiger partial charge in [-0.1, -0.05) is 23.2 Å². The predicted molar refractivity (Wildman–Crippen MR) is 103 cm³/mol. The Morgan fingerprint density at radius 3 is 2.85 bits per heavy atom. The van der Waals surface area contributed by atoms with Gasteiger partial charge in [-0.3, -0.25) is 9.48 Å². The summed E-state index contributed by atoms with van der Waals surface area (Å²) in [5, 5.41) is 8.94. The molecule has 5 nitrogen and oxygen atoms in total. The minimum atomic E-state index is -0.0747. The molecule has 0 aliphatic carbocycles. The van der Waals surface area contributed by atoms with E-state index in [0.717, 1.165) is 29.7 Å². The summed E-state index contributed by atoms with van der Waals surface area (Å²) in [5.74, 6) is 0.271. The zero-order valence-electron chi connectivity index (χ0n) is 14.9. The summed E-state index contributed by atoms with van der Waals surface area (Å²) >= 11 is 12.6. The van der Waals surface area contributed by atoms with E-state index in [0.29, 0.717) is 23.1 Å². The number of halogens is 2. The van der Waals surface area contributed by atoms with Crippen molar-refractivity contribution in [1.29, 1.82) is 0 Å². The standard InChI is InChI=1S/C19H22Cl2N4O/c1-11-18-12(5-14(20)6-17(18)21)3-4-25(11)19(26)16-9-22-8-15(16)13-7-23-24(2)10-13/h5-7,10-11,15-16,22H,3-4,8-9H2,1-2H3/t11?,15-,16+/m1/s1. The Morgan fingerprint density at radius 2 is 2.12 bits per heavy atom. The van der Waals surface area contributed by atoms with Crippen molar-refractivity contribution in [2.24, 2.45) is 13.0 Å². The summed E-state index contributed by atoms with van der Waals surface area (Å²) in [4.78, 5) is 15.4. The van der Waals surface area contributed by atoms with Gasteiger partial charge in [-0.25, -0.2) is 0 Å². The fourth-order valence-electron chi connectivity index (χ4n) is 4.34. The normalized spacial score (nSPS) is 25.4. The van der Waals surface area contributed by atoms with E-state index in [1.807, 2.05) is 30.4 Å². The lowest BCUT2D eigenvalue weighted by molar-refractivity contribution is -0.138. The Labute approximate surface area is 163 Å². The molecule has 0 saturated carbocycles. The number of carbonyl (C=O) groups excluding carboxylic acids is 1. The third-order valence-corrected chi connectivity index (χ3v) is 6.19. The van der Waals surface area contributed by atoms with Crippen LogP contribution in [0.4, 0.5) is 0 Å². The average molecular weight is 393 g/mol. The van der Waals surface area contributed by atoms with Crippen LogP contribution in [0.15, 0.2) is 24.5 Å². The number of nitrogens with one attached hydrogen (secondary N) is 1. The zero-order chi connectivity index (χ0) is 18.4. The van der Waals surface area contributed by atoms with Crippen LogP contribution in [0.1, 0.15) is 35.6 Å². The average Bonchev–Trinajstić information content (AvgIpc) is 3.22. The van der Waals surface area contributed by atoms with Crippen molar-refractivity contribution >= 4 is 29.1 Å². The molecule has 2 aromatic rings. The molecule has 1 unspecified atom stereocenters. The fraction of sp³-hybridized carbons (Fsp3) is 0.474. The Balaban J connectivity index is 1.60. The van der Waals surface area contributed by atoms with Crippen molar-refractivity contribution in [3.63, 3.8) is 0 Å². The number of hydrogen-bond acceptors (Lipinski definition) is 3. The molecule has 3 heterocycles. The van der Waals surface area contributed by atoms with Crippen molar-refractivity contribution in [3.05, 3.63) is 51.3 Å². The van der Waals surface area contributed by atoms with E-state index < -0.39 is 0 Å². The lowest BCUT2D eigenvalue weighted by atomic mass is 9.87. The van der Waals surface area contributed by atoms with E-state index in [2.05, 4.69) is 17.3 Å². The molecule has 0 bridgehead atoms. The van der Waals surface area contributed by atoms with Crippen LogP contribution >= 0.6 is 23.2 Å². The number of carbonyl (C=O) groups is 1. The van der Waals surface area contributed by atoms with Gasteiger partial charge in [0.2, 0.25) is 5.91 Å². The van der Waals surface area contributed by atoms with E-state index in [9.17, 15) is 4.79 Å². The highest BCUT2D eigenvalue weighted by Gasteiger charge is 2.40. The summed E-state index contributed by atoms with van der Waals surface area (Å²) in [6, 6.07) is 3.68. The minimum Gasteiger partial charge on any atom is -0.335 e. The molecule has 1 N–H and O–H groups in total. The van der Waals surface area contributed by atoms with Gasteiger partial charge in [0.25, 0.3) is 0 Å². The lowest BCUT2D eigenvalue weighted by Gasteiger charge is -2.38. The molecule has 0 radical (unpaired) electrons. The first-order valence-corrected chi connectivity index (χ1v) is 9.69. The maximum Gasteiger partial charge on any atom is 0.228 e. The summed E-state index contributed by atoms with van der Waals surface area (Å²) in [6.07, 6.45) is 4.65. The van der Waals surface area contributed by atoms with Gasteiger partial charge in [-0.2, -0.15) is 5.10 Å². The fourth-order valence-corrected chi connectivity index (χ4v) is 5.03. The van der Waals surface area contributed by atoms with Gasteiger partial charge >= 0.3 is 0 Å². The van der Waals surface area contributed by atoms with E-state index in [-0.39, 0.29) is 23.8 Å². The Morgan fingerprint density at radius 1 is 1.31 bits per heavy atom. The highest BCUT2D eigenvalue weighted by atomic mass is 35.5. The summed E-state index contributed by atoms with van der Waals surface area (Å²) < 4.78 is 1.79. The molecular formula is C19H22Cl2N4O. The third-order valence-electron chi connectivity index (χ3n) is 5.65. The van der Waals surface area contributed by atoms with E-state index in [4.69, 9.17) is 23.2 Å². The SMILES string of the molecule is CC1c2c(Cl)cc(Cl)cc2CCN1C(=O)[C@H]1CNC[C@@H]1c1cnn(C)c1. The molecular weight excluding hydrogens is 371 g/mol. The second-order valence-corrected chi connectivity index (χ2v) is 8.08. The molecule has 1 saturated heterocycles. The largest absolute Gasteiger partial charge is 0.335 e. The van der Waals surface area contributed by atoms with Crippen molar-refractivity contribution < 1.29 is 4.79 Å². The molecule has 1 aromatic carbocycles. The van der Waals surface area contributed by atoms with Gasteiger partial charge in [0.15, 0.2) is 0 Å². The van der Waals surface area contributed by atoms with E-state index in [1.165, 1.54) is 0 Å². The number of hydrogen-bond donors (Lipinski definition) is 1. The second kappa shape index (κ2) is 6.87. The van der Waals surface area contributed by atoms with Crippen LogP contribution in [0.5, 0.6) is 0 Å². The molecule has 1 fully saturated rings. The van der Waals surface area contributed by atoms with Gasteiger partial charge < -0.3 is 10.2 Å². The van der Waals surface area contributed by atoms with Gasteiger partial charge in [0.1, 0.15) is 0 Å². The summed E-state index contributed by atoms with van der Waals surface area (Å²) in [7, 11) is 1.90. The first-order chi connectivity index (χ1) is 12.5. The molecule has 7 heteroatoms. The van der Waals surface area contributed by atoms with Crippen LogP contribution in [0, 0.1) is 5.92 Å². The molecule has 1 amide bonds. The summed E-state index contributed by atoms with van der Waals surface area (Å²) in [6.45, 7) is 4.25. The van der Waals surface area contributed by atoms with E-state index in [1.54, 1.807) is 10.7 Å². The molecule has 3 atom stereocenters. The summed E-state index contributed by atoms with van der Waals surface area (Å²) in [5.41, 5.74) is 3.29. The van der Waals surface area contributed by atoms with Crippen LogP contribution in [0.3, 0.4) is 0 Å². The highest BCUT2D eigenvalue weighted by Crippen LogP contribution is 2.39. The Hall–Kier alpha value is -1.56. The number of rotatable bonds is 2. The molecule has 4 rings (SSSR count). The molecule has 2 aliphatic rings. The first kappa shape index (κ1) is 17.8. The first-order valence-electron chi connectivity index (χ1n) is 8.93. The third kappa shape index (κ3) is 3.02. The maximum absolute atomic E-state index is 13.4. The number of aromatic nitrogens is 2. The van der Waals surface area contributed by atoms with Crippen molar-refractivity contribution in [3.8, 4) is 0 Å². The molecule has 26 heavy (non-hydrogen) atoms. The van der Waals surface area contributed by atoms with Crippen LogP contribution in [-0.2, 0) is 18.3 Å². The highest BCUT2D eigenvalue weighted by molar-refractivity contribution is 6.35. The van der Waals surface area contributed by atoms with Crippen LogP contribution < -0.4 is 5.32 Å². The van der Waals surface area contributed by atoms with Gasteiger partial charge in [0, 0.05) is 48.8 Å². The maximum atomic E-state index is 13.4. The van der Waals surface area contributed by atoms with Crippen LogP contribution in [-0.4, -0.2) is 40.2 Å². The number of nitrogens with zero attached hydrogens (tertiary/aromatic N) is 3. The van der Waals surface area contributed by atoms with Crippen molar-refractivity contribution in [2.45, 2.75) is 25.3 Å². The van der Waals surface area contributed by atoms with Crippen LogP contribution in [0.25, 0.3) is 0 Å². The number of benzene rings is 1. The van der Waals surface area contributed by atoms with E-state index >= 15 is 0 Å². The van der Waals surface area contributed by atoms with Gasteiger partial charge in [0.05, 0.1) is 18.2 Å². The lowest BCUT2D eigenvalue weighted by Crippen LogP contribution is -2.44. The number of amides is 1. The quantitative estimate of drug-likeness (QED) is 0.853. The monoisotopic (exact) mass is 392 g/mol.